The molecule has 1 aromatic heterocycles. The van der Waals surface area contributed by atoms with E-state index in [4.69, 9.17) is 14.6 Å². The maximum atomic E-state index is 12.6. The molecule has 3 aromatic rings. The molecule has 1 saturated heterocycles. The lowest BCUT2D eigenvalue weighted by Gasteiger charge is -2.24. The minimum atomic E-state index is -0.0468. The van der Waals surface area contributed by atoms with Gasteiger partial charge in [0.25, 0.3) is 0 Å². The van der Waals surface area contributed by atoms with Gasteiger partial charge in [-0.1, -0.05) is 18.2 Å². The summed E-state index contributed by atoms with van der Waals surface area (Å²) in [5, 5.41) is 4.70. The first kappa shape index (κ1) is 20.3. The van der Waals surface area contributed by atoms with Gasteiger partial charge >= 0.3 is 0 Å². The molecule has 4 rings (SSSR count). The van der Waals surface area contributed by atoms with Crippen molar-refractivity contribution in [3.8, 4) is 17.2 Å². The topological polar surface area (TPSA) is 56.6 Å². The predicted octanol–water partition coefficient (Wildman–Crippen LogP) is 4.15. The van der Waals surface area contributed by atoms with Gasteiger partial charge in [-0.05, 0) is 50.2 Å². The van der Waals surface area contributed by atoms with E-state index in [0.717, 1.165) is 34.1 Å². The normalized spacial score (nSPS) is 16.2. The molecule has 0 radical (unpaired) electrons. The van der Waals surface area contributed by atoms with E-state index in [9.17, 15) is 4.79 Å². The third kappa shape index (κ3) is 4.03. The summed E-state index contributed by atoms with van der Waals surface area (Å²) >= 11 is 1.65. The van der Waals surface area contributed by atoms with Crippen LogP contribution in [0.25, 0.3) is 5.69 Å². The van der Waals surface area contributed by atoms with Crippen molar-refractivity contribution in [2.24, 2.45) is 0 Å². The van der Waals surface area contributed by atoms with Crippen LogP contribution in [0.3, 0.4) is 0 Å². The van der Waals surface area contributed by atoms with Crippen LogP contribution in [-0.4, -0.2) is 46.6 Å². The van der Waals surface area contributed by atoms with Gasteiger partial charge < -0.3 is 14.4 Å². The van der Waals surface area contributed by atoms with Crippen molar-refractivity contribution in [2.75, 3.05) is 26.0 Å². The van der Waals surface area contributed by atoms with Crippen molar-refractivity contribution in [1.82, 2.24) is 14.7 Å². The van der Waals surface area contributed by atoms with Crippen molar-refractivity contribution < 1.29 is 14.3 Å². The lowest BCUT2D eigenvalue weighted by molar-refractivity contribution is -0.128. The molecule has 1 unspecified atom stereocenters. The Labute approximate surface area is 180 Å². The lowest BCUT2D eigenvalue weighted by atomic mass is 10.1. The number of aromatic nitrogens is 2. The van der Waals surface area contributed by atoms with Gasteiger partial charge in [0.2, 0.25) is 5.91 Å². The molecule has 0 bridgehead atoms. The molecule has 2 aromatic carbocycles. The molecule has 7 heteroatoms. The number of carbonyl (C=O) groups excluding carboxylic acids is 1. The number of amides is 1. The first-order valence-electron chi connectivity index (χ1n) is 9.88. The summed E-state index contributed by atoms with van der Waals surface area (Å²) in [6.07, 6.45) is 0. The Morgan fingerprint density at radius 2 is 1.77 bits per heavy atom. The number of hydrogen-bond acceptors (Lipinski definition) is 5. The Balaban J connectivity index is 1.49. The molecule has 1 fully saturated rings. The minimum absolute atomic E-state index is 0.0468. The molecule has 1 aliphatic rings. The third-order valence-electron chi connectivity index (χ3n) is 5.22. The molecule has 1 atom stereocenters. The standard InChI is InChI=1S/C23H25N3O3S/c1-16-22(17(2)26(24-16)18-7-5-4-6-8-18)23-25(21(27)15-30-23)13-14-29-20-11-9-19(28-3)10-12-20/h4-12,23H,13-15H2,1-3H3. The quantitative estimate of drug-likeness (QED) is 0.571. The smallest absolute Gasteiger partial charge is 0.233 e. The van der Waals surface area contributed by atoms with Crippen LogP contribution in [0.1, 0.15) is 22.3 Å². The highest BCUT2D eigenvalue weighted by atomic mass is 32.2. The van der Waals surface area contributed by atoms with Crippen molar-refractivity contribution >= 4 is 17.7 Å². The van der Waals surface area contributed by atoms with Gasteiger partial charge in [-0.25, -0.2) is 4.68 Å². The molecule has 0 spiro atoms. The molecule has 1 amide bonds. The van der Waals surface area contributed by atoms with E-state index in [0.29, 0.717) is 18.9 Å². The molecule has 30 heavy (non-hydrogen) atoms. The Morgan fingerprint density at radius 3 is 2.47 bits per heavy atom. The monoisotopic (exact) mass is 423 g/mol. The zero-order valence-electron chi connectivity index (χ0n) is 17.4. The number of ether oxygens (including phenoxy) is 2. The van der Waals surface area contributed by atoms with E-state index >= 15 is 0 Å². The fourth-order valence-corrected chi connectivity index (χ4v) is 5.08. The second-order valence-electron chi connectivity index (χ2n) is 7.11. The predicted molar refractivity (Wildman–Crippen MR) is 118 cm³/mol. The van der Waals surface area contributed by atoms with E-state index in [2.05, 4.69) is 6.92 Å². The van der Waals surface area contributed by atoms with Crippen molar-refractivity contribution in [2.45, 2.75) is 19.2 Å². The van der Waals surface area contributed by atoms with E-state index in [1.165, 1.54) is 0 Å². The molecule has 1 aliphatic heterocycles. The van der Waals surface area contributed by atoms with Crippen molar-refractivity contribution in [1.29, 1.82) is 0 Å². The van der Waals surface area contributed by atoms with Gasteiger partial charge in [0.1, 0.15) is 23.5 Å². The van der Waals surface area contributed by atoms with Crippen LogP contribution in [0.5, 0.6) is 11.5 Å². The molecule has 0 aliphatic carbocycles. The molecular formula is C23H25N3O3S. The number of benzene rings is 2. The summed E-state index contributed by atoms with van der Waals surface area (Å²) in [4.78, 5) is 14.5. The molecule has 0 N–H and O–H groups in total. The molecule has 0 saturated carbocycles. The van der Waals surface area contributed by atoms with E-state index in [1.807, 2.05) is 71.1 Å². The average molecular weight is 424 g/mol. The minimum Gasteiger partial charge on any atom is -0.497 e. The lowest BCUT2D eigenvalue weighted by Crippen LogP contribution is -2.32. The van der Waals surface area contributed by atoms with Crippen molar-refractivity contribution in [3.63, 3.8) is 0 Å². The highest BCUT2D eigenvalue weighted by molar-refractivity contribution is 8.00. The Hall–Kier alpha value is -2.93. The SMILES string of the molecule is COc1ccc(OCCN2C(=O)CSC2c2c(C)nn(-c3ccccc3)c2C)cc1. The van der Waals surface area contributed by atoms with Crippen molar-refractivity contribution in [3.05, 3.63) is 71.5 Å². The third-order valence-corrected chi connectivity index (χ3v) is 6.44. The molecule has 156 valence electrons. The molecular weight excluding hydrogens is 398 g/mol. The fraction of sp³-hybridized carbons (Fsp3) is 0.304. The number of para-hydroxylation sites is 1. The summed E-state index contributed by atoms with van der Waals surface area (Å²) in [5.74, 6) is 2.16. The number of aryl methyl sites for hydroxylation is 1. The molecule has 6 nitrogen and oxygen atoms in total. The number of nitrogens with zero attached hydrogens (tertiary/aromatic N) is 3. The van der Waals surface area contributed by atoms with Crippen LogP contribution in [0.4, 0.5) is 0 Å². The van der Waals surface area contributed by atoms with Crippen LogP contribution in [0.2, 0.25) is 0 Å². The van der Waals surface area contributed by atoms with Crippen LogP contribution in [-0.2, 0) is 4.79 Å². The Bertz CT molecular complexity index is 1020. The maximum absolute atomic E-state index is 12.6. The van der Waals surface area contributed by atoms with Gasteiger partial charge in [-0.3, -0.25) is 4.79 Å². The van der Waals surface area contributed by atoms with Gasteiger partial charge in [0, 0.05) is 11.3 Å². The van der Waals surface area contributed by atoms with Gasteiger partial charge in [0.15, 0.2) is 0 Å². The van der Waals surface area contributed by atoms with Crippen LogP contribution in [0, 0.1) is 13.8 Å². The summed E-state index contributed by atoms with van der Waals surface area (Å²) in [6.45, 7) is 5.03. The zero-order valence-corrected chi connectivity index (χ0v) is 18.2. The number of methoxy groups -OCH3 is 1. The summed E-state index contributed by atoms with van der Waals surface area (Å²) < 4.78 is 13.0. The van der Waals surface area contributed by atoms with E-state index in [1.54, 1.807) is 18.9 Å². The van der Waals surface area contributed by atoms with Crippen LogP contribution in [0.15, 0.2) is 54.6 Å². The number of carbonyl (C=O) groups is 1. The highest BCUT2D eigenvalue weighted by Crippen LogP contribution is 2.41. The summed E-state index contributed by atoms with van der Waals surface area (Å²) in [6, 6.07) is 17.5. The van der Waals surface area contributed by atoms with Crippen LogP contribution >= 0.6 is 11.8 Å². The number of thioether (sulfide) groups is 1. The average Bonchev–Trinajstić information content (AvgIpc) is 3.27. The van der Waals surface area contributed by atoms with Crippen LogP contribution < -0.4 is 9.47 Å². The zero-order chi connectivity index (χ0) is 21.1. The first-order valence-corrected chi connectivity index (χ1v) is 10.9. The Morgan fingerprint density at radius 1 is 1.07 bits per heavy atom. The number of rotatable bonds is 7. The summed E-state index contributed by atoms with van der Waals surface area (Å²) in [7, 11) is 1.64. The van der Waals surface area contributed by atoms with Gasteiger partial charge in [0.05, 0.1) is 30.8 Å². The fourth-order valence-electron chi connectivity index (χ4n) is 3.70. The van der Waals surface area contributed by atoms with Gasteiger partial charge in [-0.2, -0.15) is 5.10 Å². The first-order chi connectivity index (χ1) is 14.6. The molecule has 2 heterocycles. The van der Waals surface area contributed by atoms with E-state index in [-0.39, 0.29) is 11.3 Å². The Kier molecular flexibility index (Phi) is 5.99. The number of hydrogen-bond donors (Lipinski definition) is 0. The van der Waals surface area contributed by atoms with Gasteiger partial charge in [-0.15, -0.1) is 11.8 Å². The second-order valence-corrected chi connectivity index (χ2v) is 8.17. The largest absolute Gasteiger partial charge is 0.497 e. The maximum Gasteiger partial charge on any atom is 0.233 e. The second kappa shape index (κ2) is 8.83. The summed E-state index contributed by atoms with van der Waals surface area (Å²) in [5.41, 5.74) is 4.14. The highest BCUT2D eigenvalue weighted by Gasteiger charge is 2.36. The van der Waals surface area contributed by atoms with E-state index < -0.39 is 0 Å².